The Kier molecular flexibility index (Phi) is 6.97. The number of aliphatic carboxylic acids is 1. The minimum absolute atomic E-state index is 0.132. The fourth-order valence-electron chi connectivity index (χ4n) is 2.11. The second-order valence-corrected chi connectivity index (χ2v) is 6.83. The number of carbonyl (C=O) groups excluding carboxylic acids is 2. The number of amides is 2. The highest BCUT2D eigenvalue weighted by molar-refractivity contribution is 5.88. The average molecular weight is 350 g/mol. The number of nitrogens with zero attached hydrogens (tertiary/aromatic N) is 1. The first-order chi connectivity index (χ1) is 11.5. The van der Waals surface area contributed by atoms with Gasteiger partial charge in [0.1, 0.15) is 17.7 Å². The Morgan fingerprint density at radius 3 is 2.20 bits per heavy atom. The second kappa shape index (κ2) is 8.50. The molecule has 1 aromatic rings. The van der Waals surface area contributed by atoms with Crippen LogP contribution in [0.15, 0.2) is 30.3 Å². The highest BCUT2D eigenvalue weighted by Crippen LogP contribution is 2.12. The van der Waals surface area contributed by atoms with Crippen molar-refractivity contribution in [3.8, 4) is 0 Å². The summed E-state index contributed by atoms with van der Waals surface area (Å²) in [5.41, 5.74) is 0.110. The third-order valence-electron chi connectivity index (χ3n) is 3.41. The molecule has 0 aliphatic heterocycles. The molecular weight excluding hydrogens is 324 g/mol. The molecule has 2 atom stereocenters. The van der Waals surface area contributed by atoms with Gasteiger partial charge in [-0.3, -0.25) is 4.79 Å². The molecule has 0 heterocycles. The SMILES string of the molecule is CC(C(=O)O)N(Cc1ccccc1)C(=O)[C@@H](C)NC(=O)OC(C)(C)C. The molecule has 7 nitrogen and oxygen atoms in total. The van der Waals surface area contributed by atoms with Gasteiger partial charge in [-0.2, -0.15) is 0 Å². The number of carboxylic acid groups (broad SMARTS) is 1. The predicted octanol–water partition coefficient (Wildman–Crippen LogP) is 2.40. The standard InChI is InChI=1S/C18H26N2O5/c1-12(19-17(24)25-18(3,4)5)15(21)20(13(2)16(22)23)11-14-9-7-6-8-10-14/h6-10,12-13H,11H2,1-5H3,(H,19,24)(H,22,23)/t12-,13?/m1/s1. The summed E-state index contributed by atoms with van der Waals surface area (Å²) in [5.74, 6) is -1.61. The van der Waals surface area contributed by atoms with Crippen LogP contribution in [0.2, 0.25) is 0 Å². The van der Waals surface area contributed by atoms with Crippen LogP contribution in [0, 0.1) is 0 Å². The summed E-state index contributed by atoms with van der Waals surface area (Å²) in [7, 11) is 0. The lowest BCUT2D eigenvalue weighted by Gasteiger charge is -2.30. The summed E-state index contributed by atoms with van der Waals surface area (Å²) in [5, 5.41) is 11.7. The zero-order valence-electron chi connectivity index (χ0n) is 15.3. The highest BCUT2D eigenvalue weighted by atomic mass is 16.6. The largest absolute Gasteiger partial charge is 0.480 e. The summed E-state index contributed by atoms with van der Waals surface area (Å²) in [4.78, 5) is 37.1. The van der Waals surface area contributed by atoms with Gasteiger partial charge in [-0.25, -0.2) is 9.59 Å². The molecule has 0 radical (unpaired) electrons. The number of ether oxygens (including phenoxy) is 1. The monoisotopic (exact) mass is 350 g/mol. The van der Waals surface area contributed by atoms with Gasteiger partial charge in [0, 0.05) is 6.54 Å². The van der Waals surface area contributed by atoms with Crippen molar-refractivity contribution in [3.63, 3.8) is 0 Å². The number of hydrogen-bond donors (Lipinski definition) is 2. The minimum Gasteiger partial charge on any atom is -0.480 e. The Bertz CT molecular complexity index is 610. The number of hydrogen-bond acceptors (Lipinski definition) is 4. The van der Waals surface area contributed by atoms with Gasteiger partial charge < -0.3 is 20.1 Å². The molecule has 0 aliphatic rings. The molecule has 2 amide bonds. The van der Waals surface area contributed by atoms with E-state index in [2.05, 4.69) is 5.32 Å². The number of carbonyl (C=O) groups is 3. The Labute approximate surface area is 148 Å². The normalized spacial score (nSPS) is 13.5. The van der Waals surface area contributed by atoms with Crippen molar-refractivity contribution < 1.29 is 24.2 Å². The van der Waals surface area contributed by atoms with Gasteiger partial charge in [-0.15, -0.1) is 0 Å². The zero-order valence-corrected chi connectivity index (χ0v) is 15.3. The number of carboxylic acids is 1. The summed E-state index contributed by atoms with van der Waals surface area (Å²) >= 11 is 0. The van der Waals surface area contributed by atoms with Gasteiger partial charge in [0.2, 0.25) is 5.91 Å². The fourth-order valence-corrected chi connectivity index (χ4v) is 2.11. The lowest BCUT2D eigenvalue weighted by molar-refractivity contribution is -0.150. The topological polar surface area (TPSA) is 95.9 Å². The molecule has 0 spiro atoms. The molecule has 1 aromatic carbocycles. The van der Waals surface area contributed by atoms with Crippen LogP contribution in [0.5, 0.6) is 0 Å². The van der Waals surface area contributed by atoms with Crippen LogP contribution >= 0.6 is 0 Å². The number of benzene rings is 1. The Morgan fingerprint density at radius 1 is 1.16 bits per heavy atom. The molecule has 0 saturated carbocycles. The van der Waals surface area contributed by atoms with E-state index in [0.29, 0.717) is 0 Å². The lowest BCUT2D eigenvalue weighted by atomic mass is 10.1. The smallest absolute Gasteiger partial charge is 0.408 e. The maximum absolute atomic E-state index is 12.7. The van der Waals surface area contributed by atoms with Gasteiger partial charge >= 0.3 is 12.1 Å². The summed E-state index contributed by atoms with van der Waals surface area (Å²) in [6.07, 6.45) is -0.726. The van der Waals surface area contributed by atoms with Crippen LogP contribution in [0.1, 0.15) is 40.2 Å². The van der Waals surface area contributed by atoms with E-state index in [-0.39, 0.29) is 6.54 Å². The number of nitrogens with one attached hydrogen (secondary N) is 1. The van der Waals surface area contributed by atoms with Crippen molar-refractivity contribution in [2.45, 2.75) is 58.8 Å². The first-order valence-corrected chi connectivity index (χ1v) is 8.08. The Balaban J connectivity index is 2.87. The molecule has 1 rings (SSSR count). The van der Waals surface area contributed by atoms with Gasteiger partial charge in [0.05, 0.1) is 0 Å². The van der Waals surface area contributed by atoms with Crippen LogP contribution in [-0.4, -0.2) is 45.7 Å². The molecule has 0 saturated heterocycles. The third-order valence-corrected chi connectivity index (χ3v) is 3.41. The molecule has 7 heteroatoms. The van der Waals surface area contributed by atoms with E-state index in [1.54, 1.807) is 32.9 Å². The van der Waals surface area contributed by atoms with E-state index >= 15 is 0 Å². The van der Waals surface area contributed by atoms with Crippen molar-refractivity contribution in [2.24, 2.45) is 0 Å². The van der Waals surface area contributed by atoms with Crippen molar-refractivity contribution in [1.82, 2.24) is 10.2 Å². The van der Waals surface area contributed by atoms with Crippen LogP contribution < -0.4 is 5.32 Å². The molecule has 25 heavy (non-hydrogen) atoms. The van der Waals surface area contributed by atoms with E-state index in [4.69, 9.17) is 4.74 Å². The fraction of sp³-hybridized carbons (Fsp3) is 0.500. The van der Waals surface area contributed by atoms with Crippen LogP contribution in [-0.2, 0) is 20.9 Å². The molecule has 1 unspecified atom stereocenters. The van der Waals surface area contributed by atoms with Gasteiger partial charge in [-0.05, 0) is 40.2 Å². The molecule has 2 N–H and O–H groups in total. The number of alkyl carbamates (subject to hydrolysis) is 1. The molecule has 138 valence electrons. The summed E-state index contributed by atoms with van der Waals surface area (Å²) < 4.78 is 5.13. The van der Waals surface area contributed by atoms with Crippen molar-refractivity contribution in [3.05, 3.63) is 35.9 Å². The van der Waals surface area contributed by atoms with E-state index < -0.39 is 35.7 Å². The van der Waals surface area contributed by atoms with E-state index in [1.165, 1.54) is 18.7 Å². The van der Waals surface area contributed by atoms with Gasteiger partial charge in [0.25, 0.3) is 0 Å². The third kappa shape index (κ3) is 6.82. The first-order valence-electron chi connectivity index (χ1n) is 8.08. The van der Waals surface area contributed by atoms with Crippen molar-refractivity contribution >= 4 is 18.0 Å². The van der Waals surface area contributed by atoms with Crippen LogP contribution in [0.4, 0.5) is 4.79 Å². The quantitative estimate of drug-likeness (QED) is 0.821. The molecule has 0 bridgehead atoms. The highest BCUT2D eigenvalue weighted by Gasteiger charge is 2.30. The van der Waals surface area contributed by atoms with E-state index in [0.717, 1.165) is 5.56 Å². The van der Waals surface area contributed by atoms with Gasteiger partial charge in [0.15, 0.2) is 0 Å². The van der Waals surface area contributed by atoms with Gasteiger partial charge in [-0.1, -0.05) is 30.3 Å². The predicted molar refractivity (Wildman–Crippen MR) is 92.9 cm³/mol. The summed E-state index contributed by atoms with van der Waals surface area (Å²) in [6.45, 7) is 8.21. The molecule has 0 fully saturated rings. The van der Waals surface area contributed by atoms with Crippen molar-refractivity contribution in [2.75, 3.05) is 0 Å². The van der Waals surface area contributed by atoms with Crippen LogP contribution in [0.25, 0.3) is 0 Å². The second-order valence-electron chi connectivity index (χ2n) is 6.83. The van der Waals surface area contributed by atoms with Crippen LogP contribution in [0.3, 0.4) is 0 Å². The van der Waals surface area contributed by atoms with E-state index in [1.807, 2.05) is 18.2 Å². The molecular formula is C18H26N2O5. The lowest BCUT2D eigenvalue weighted by Crippen LogP contribution is -2.52. The van der Waals surface area contributed by atoms with Crippen molar-refractivity contribution in [1.29, 1.82) is 0 Å². The summed E-state index contributed by atoms with van der Waals surface area (Å²) in [6, 6.07) is 7.12. The van der Waals surface area contributed by atoms with E-state index in [9.17, 15) is 19.5 Å². The Morgan fingerprint density at radius 2 is 1.72 bits per heavy atom. The number of rotatable bonds is 6. The maximum atomic E-state index is 12.7. The average Bonchev–Trinajstić information content (AvgIpc) is 2.50. The molecule has 0 aliphatic carbocycles. The first kappa shape index (κ1) is 20.5. The zero-order chi connectivity index (χ0) is 19.2. The molecule has 0 aromatic heterocycles. The maximum Gasteiger partial charge on any atom is 0.408 e. The Hall–Kier alpha value is -2.57. The minimum atomic E-state index is -1.12.